The number of rotatable bonds is 6. The lowest BCUT2D eigenvalue weighted by Gasteiger charge is -2.27. The Morgan fingerprint density at radius 2 is 2.00 bits per heavy atom. The van der Waals surface area contributed by atoms with Gasteiger partial charge >= 0.3 is 0 Å². The topological polar surface area (TPSA) is 127 Å². The average molecular weight is 458 g/mol. The molecule has 1 aliphatic heterocycles. The Morgan fingerprint density at radius 1 is 1.23 bits per heavy atom. The Hall–Kier alpha value is -3.02. The molecule has 1 fully saturated rings. The van der Waals surface area contributed by atoms with Crippen LogP contribution in [0, 0.1) is 0 Å². The SMILES string of the molecule is O=C([O-])C[C@@H](C(=O)[O-])N1C(=O)/C(=C\c2ccc(-c3nc4ccccc4s3)o2)SC1=S. The number of benzene rings is 1. The Bertz CT molecular complexity index is 1190. The van der Waals surface area contributed by atoms with Crippen molar-refractivity contribution in [2.75, 3.05) is 0 Å². The monoisotopic (exact) mass is 458 g/mol. The summed E-state index contributed by atoms with van der Waals surface area (Å²) >= 11 is 7.37. The molecule has 0 bridgehead atoms. The first-order valence-corrected chi connectivity index (χ1v) is 10.5. The fraction of sp³-hybridized carbons (Fsp3) is 0.105. The van der Waals surface area contributed by atoms with Crippen LogP contribution in [-0.2, 0) is 14.4 Å². The van der Waals surface area contributed by atoms with Gasteiger partial charge < -0.3 is 24.2 Å². The molecule has 8 nitrogen and oxygen atoms in total. The molecule has 1 aliphatic rings. The number of hydrogen-bond acceptors (Lipinski definition) is 10. The Kier molecular flexibility index (Phi) is 5.41. The largest absolute Gasteiger partial charge is 0.550 e. The van der Waals surface area contributed by atoms with Gasteiger partial charge in [0.25, 0.3) is 5.91 Å². The molecule has 0 saturated carbocycles. The smallest absolute Gasteiger partial charge is 0.266 e. The van der Waals surface area contributed by atoms with Crippen LogP contribution < -0.4 is 10.2 Å². The van der Waals surface area contributed by atoms with E-state index in [0.29, 0.717) is 21.4 Å². The number of thioether (sulfide) groups is 1. The number of fused-ring (bicyclic) bond motifs is 1. The van der Waals surface area contributed by atoms with Crippen molar-refractivity contribution in [1.29, 1.82) is 0 Å². The lowest BCUT2D eigenvalue weighted by atomic mass is 10.2. The van der Waals surface area contributed by atoms with E-state index in [1.54, 1.807) is 12.1 Å². The molecule has 0 spiro atoms. The van der Waals surface area contributed by atoms with Gasteiger partial charge in [0.15, 0.2) is 10.8 Å². The quantitative estimate of drug-likeness (QED) is 0.393. The fourth-order valence-electron chi connectivity index (χ4n) is 2.84. The standard InChI is InChI=1S/C19H12N2O6S3/c22-15(23)8-11(18(25)26)21-17(24)14(30-19(21)28)7-9-5-6-12(27-9)16-20-10-3-1-2-4-13(10)29-16/h1-7,11H,8H2,(H,22,23)(H,25,26)/p-2/b14-7+/t11-/m0/s1. The highest BCUT2D eigenvalue weighted by molar-refractivity contribution is 8.26. The first-order chi connectivity index (χ1) is 14.3. The minimum atomic E-state index is -1.75. The van der Waals surface area contributed by atoms with Crippen LogP contribution in [0.25, 0.3) is 27.1 Å². The molecular weight excluding hydrogens is 448 g/mol. The van der Waals surface area contributed by atoms with Gasteiger partial charge in [-0.2, -0.15) is 0 Å². The number of carboxylic acid groups (broad SMARTS) is 2. The van der Waals surface area contributed by atoms with E-state index in [2.05, 4.69) is 4.98 Å². The molecule has 3 heterocycles. The second-order valence-electron chi connectivity index (χ2n) is 6.15. The molecule has 0 N–H and O–H groups in total. The van der Waals surface area contributed by atoms with E-state index in [0.717, 1.165) is 22.0 Å². The molecule has 0 radical (unpaired) electrons. The van der Waals surface area contributed by atoms with Crippen molar-refractivity contribution in [3.63, 3.8) is 0 Å². The minimum absolute atomic E-state index is 0.0837. The molecule has 152 valence electrons. The summed E-state index contributed by atoms with van der Waals surface area (Å²) in [7, 11) is 0. The Morgan fingerprint density at radius 3 is 2.70 bits per heavy atom. The summed E-state index contributed by atoms with van der Waals surface area (Å²) in [5.41, 5.74) is 0.845. The number of para-hydroxylation sites is 1. The number of aliphatic carboxylic acids is 2. The van der Waals surface area contributed by atoms with E-state index in [9.17, 15) is 24.6 Å². The molecule has 4 rings (SSSR count). The Balaban J connectivity index is 1.59. The van der Waals surface area contributed by atoms with Gasteiger partial charge in [-0.15, -0.1) is 11.3 Å². The predicted molar refractivity (Wildman–Crippen MR) is 111 cm³/mol. The number of nitrogens with zero attached hydrogens (tertiary/aromatic N) is 2. The molecular formula is C19H10N2O6S3-2. The van der Waals surface area contributed by atoms with E-state index < -0.39 is 30.3 Å². The molecule has 11 heteroatoms. The molecule has 1 saturated heterocycles. The zero-order valence-electron chi connectivity index (χ0n) is 14.9. The van der Waals surface area contributed by atoms with Gasteiger partial charge in [-0.1, -0.05) is 36.1 Å². The lowest BCUT2D eigenvalue weighted by molar-refractivity contribution is -0.319. The van der Waals surface area contributed by atoms with Crippen LogP contribution in [0.2, 0.25) is 0 Å². The third-order valence-electron chi connectivity index (χ3n) is 4.17. The van der Waals surface area contributed by atoms with Crippen molar-refractivity contribution >= 4 is 73.8 Å². The summed E-state index contributed by atoms with van der Waals surface area (Å²) in [6.07, 6.45) is 0.492. The number of aromatic nitrogens is 1. The van der Waals surface area contributed by atoms with Gasteiger partial charge in [-0.25, -0.2) is 4.98 Å². The van der Waals surface area contributed by atoms with Crippen molar-refractivity contribution in [3.8, 4) is 10.8 Å². The highest BCUT2D eigenvalue weighted by Crippen LogP contribution is 2.36. The molecule has 1 aromatic carbocycles. The maximum atomic E-state index is 12.6. The number of carbonyl (C=O) groups is 3. The lowest BCUT2D eigenvalue weighted by Crippen LogP contribution is -2.52. The first-order valence-electron chi connectivity index (χ1n) is 8.47. The van der Waals surface area contributed by atoms with Gasteiger partial charge in [0, 0.05) is 18.5 Å². The summed E-state index contributed by atoms with van der Waals surface area (Å²) in [6.45, 7) is 0. The molecule has 30 heavy (non-hydrogen) atoms. The van der Waals surface area contributed by atoms with Crippen LogP contribution in [0.3, 0.4) is 0 Å². The molecule has 3 aromatic rings. The van der Waals surface area contributed by atoms with Crippen molar-refractivity contribution in [3.05, 3.63) is 47.1 Å². The van der Waals surface area contributed by atoms with Crippen molar-refractivity contribution in [2.45, 2.75) is 12.5 Å². The molecule has 1 atom stereocenters. The van der Waals surface area contributed by atoms with E-state index in [1.165, 1.54) is 17.4 Å². The summed E-state index contributed by atoms with van der Waals surface area (Å²) in [6, 6.07) is 9.26. The van der Waals surface area contributed by atoms with E-state index in [4.69, 9.17) is 16.6 Å². The zero-order valence-corrected chi connectivity index (χ0v) is 17.3. The highest BCUT2D eigenvalue weighted by atomic mass is 32.2. The predicted octanol–water partition coefficient (Wildman–Crippen LogP) is 1.02. The number of thiazole rings is 1. The van der Waals surface area contributed by atoms with E-state index in [-0.39, 0.29) is 9.23 Å². The second kappa shape index (κ2) is 8.01. The van der Waals surface area contributed by atoms with Crippen molar-refractivity contribution in [1.82, 2.24) is 9.88 Å². The third-order valence-corrected chi connectivity index (χ3v) is 6.55. The second-order valence-corrected chi connectivity index (χ2v) is 8.86. The number of carbonyl (C=O) groups excluding carboxylic acids is 3. The van der Waals surface area contributed by atoms with Crippen LogP contribution >= 0.6 is 35.3 Å². The maximum absolute atomic E-state index is 12.6. The van der Waals surface area contributed by atoms with Gasteiger partial charge in [0.1, 0.15) is 10.1 Å². The van der Waals surface area contributed by atoms with Crippen LogP contribution in [0.4, 0.5) is 0 Å². The fourth-order valence-corrected chi connectivity index (χ4v) is 5.10. The van der Waals surface area contributed by atoms with Crippen LogP contribution in [-0.4, -0.2) is 38.1 Å². The van der Waals surface area contributed by atoms with Crippen LogP contribution in [0.5, 0.6) is 0 Å². The number of amides is 1. The zero-order chi connectivity index (χ0) is 21.4. The van der Waals surface area contributed by atoms with Crippen LogP contribution in [0.1, 0.15) is 12.2 Å². The summed E-state index contributed by atoms with van der Waals surface area (Å²) in [5.74, 6) is -3.24. The number of thiocarbonyl (C=S) groups is 1. The molecule has 1 amide bonds. The summed E-state index contributed by atoms with van der Waals surface area (Å²) < 4.78 is 6.69. The van der Waals surface area contributed by atoms with E-state index in [1.807, 2.05) is 24.3 Å². The first kappa shape index (κ1) is 20.3. The molecule has 0 aliphatic carbocycles. The summed E-state index contributed by atoms with van der Waals surface area (Å²) in [5, 5.41) is 22.8. The normalized spacial score (nSPS) is 16.5. The third kappa shape index (κ3) is 3.86. The van der Waals surface area contributed by atoms with Gasteiger partial charge in [-0.3, -0.25) is 9.69 Å². The summed E-state index contributed by atoms with van der Waals surface area (Å²) in [4.78, 5) is 40.1. The van der Waals surface area contributed by atoms with E-state index >= 15 is 0 Å². The highest BCUT2D eigenvalue weighted by Gasteiger charge is 2.38. The van der Waals surface area contributed by atoms with Gasteiger partial charge in [0.05, 0.1) is 27.1 Å². The number of furan rings is 1. The number of hydrogen-bond donors (Lipinski definition) is 0. The maximum Gasteiger partial charge on any atom is 0.266 e. The minimum Gasteiger partial charge on any atom is -0.550 e. The molecule has 2 aromatic heterocycles. The number of carboxylic acids is 2. The average Bonchev–Trinajstić information content (AvgIpc) is 3.38. The van der Waals surface area contributed by atoms with Gasteiger partial charge in [-0.05, 0) is 24.3 Å². The van der Waals surface area contributed by atoms with Crippen molar-refractivity contribution in [2.24, 2.45) is 0 Å². The van der Waals surface area contributed by atoms with Crippen LogP contribution in [0.15, 0.2) is 45.7 Å². The van der Waals surface area contributed by atoms with Gasteiger partial charge in [0.2, 0.25) is 0 Å². The molecule has 0 unspecified atom stereocenters. The van der Waals surface area contributed by atoms with Crippen molar-refractivity contribution < 1.29 is 29.0 Å². The Labute approximate surface area is 182 Å².